The molecule has 0 spiro atoms. The lowest BCUT2D eigenvalue weighted by atomic mass is 10.2. The maximum atomic E-state index is 12.8. The van der Waals surface area contributed by atoms with Crippen LogP contribution >= 0.6 is 0 Å². The molecule has 0 aromatic heterocycles. The van der Waals surface area contributed by atoms with E-state index in [4.69, 9.17) is 9.47 Å². The number of rotatable bonds is 11. The molecule has 9 heteroatoms. The standard InChI is InChI=1S/C23H28F3N3O3/c1-4-11-29(12-5-2)22(30)16-32-20-10-9-17(13-21(20)31-3)15-27-28-19-8-6-7-18(14-19)23(24,25)26/h6-10,13-15,28H,4-5,11-12,16H2,1-3H3. The fourth-order valence-electron chi connectivity index (χ4n) is 2.96. The summed E-state index contributed by atoms with van der Waals surface area (Å²) in [4.78, 5) is 14.2. The van der Waals surface area contributed by atoms with Gasteiger partial charge in [-0.1, -0.05) is 19.9 Å². The van der Waals surface area contributed by atoms with E-state index in [2.05, 4.69) is 10.5 Å². The van der Waals surface area contributed by atoms with E-state index in [1.54, 1.807) is 23.1 Å². The predicted molar refractivity (Wildman–Crippen MR) is 118 cm³/mol. The Bertz CT molecular complexity index is 911. The molecule has 0 aliphatic rings. The van der Waals surface area contributed by atoms with Gasteiger partial charge in [0.25, 0.3) is 5.91 Å². The maximum Gasteiger partial charge on any atom is 0.416 e. The van der Waals surface area contributed by atoms with Crippen LogP contribution in [0.15, 0.2) is 47.6 Å². The summed E-state index contributed by atoms with van der Waals surface area (Å²) >= 11 is 0. The number of methoxy groups -OCH3 is 1. The molecule has 6 nitrogen and oxygen atoms in total. The Balaban J connectivity index is 2.01. The number of carbonyl (C=O) groups is 1. The molecule has 2 aromatic carbocycles. The van der Waals surface area contributed by atoms with E-state index in [9.17, 15) is 18.0 Å². The van der Waals surface area contributed by atoms with E-state index in [1.165, 1.54) is 25.5 Å². The van der Waals surface area contributed by atoms with Crippen molar-refractivity contribution in [2.45, 2.75) is 32.9 Å². The Morgan fingerprint density at radius 2 is 1.81 bits per heavy atom. The van der Waals surface area contributed by atoms with E-state index < -0.39 is 11.7 Å². The summed E-state index contributed by atoms with van der Waals surface area (Å²) in [6, 6.07) is 9.78. The first-order valence-corrected chi connectivity index (χ1v) is 10.3. The predicted octanol–water partition coefficient (Wildman–Crippen LogP) is 5.19. The highest BCUT2D eigenvalue weighted by Gasteiger charge is 2.30. The van der Waals surface area contributed by atoms with E-state index in [-0.39, 0.29) is 18.2 Å². The molecular weight excluding hydrogens is 423 g/mol. The van der Waals surface area contributed by atoms with E-state index in [1.807, 2.05) is 13.8 Å². The number of hydrogen-bond acceptors (Lipinski definition) is 5. The Morgan fingerprint density at radius 3 is 2.44 bits per heavy atom. The third-order valence-electron chi connectivity index (χ3n) is 4.48. The minimum absolute atomic E-state index is 0.0910. The number of alkyl halides is 3. The third-order valence-corrected chi connectivity index (χ3v) is 4.48. The lowest BCUT2D eigenvalue weighted by Crippen LogP contribution is -2.36. The summed E-state index contributed by atoms with van der Waals surface area (Å²) < 4.78 is 49.4. The second kappa shape index (κ2) is 12.0. The first-order chi connectivity index (χ1) is 15.3. The molecule has 0 saturated carbocycles. The fraction of sp³-hybridized carbons (Fsp3) is 0.391. The van der Waals surface area contributed by atoms with Crippen molar-refractivity contribution in [3.05, 3.63) is 53.6 Å². The Morgan fingerprint density at radius 1 is 1.09 bits per heavy atom. The van der Waals surface area contributed by atoms with E-state index >= 15 is 0 Å². The second-order valence-electron chi connectivity index (χ2n) is 7.03. The lowest BCUT2D eigenvalue weighted by molar-refractivity contribution is -0.137. The van der Waals surface area contributed by atoms with Gasteiger partial charge >= 0.3 is 6.18 Å². The van der Waals surface area contributed by atoms with Crippen molar-refractivity contribution >= 4 is 17.8 Å². The number of anilines is 1. The number of halogens is 3. The molecule has 0 bridgehead atoms. The Hall–Kier alpha value is -3.23. The van der Waals surface area contributed by atoms with Crippen molar-refractivity contribution < 1.29 is 27.4 Å². The minimum atomic E-state index is -4.42. The Labute approximate surface area is 186 Å². The average Bonchev–Trinajstić information content (AvgIpc) is 2.77. The van der Waals surface area contributed by atoms with Crippen molar-refractivity contribution in [1.29, 1.82) is 0 Å². The fourth-order valence-corrected chi connectivity index (χ4v) is 2.96. The van der Waals surface area contributed by atoms with Crippen molar-refractivity contribution in [2.24, 2.45) is 5.10 Å². The molecule has 0 heterocycles. The van der Waals surface area contributed by atoms with Crippen LogP contribution in [-0.4, -0.2) is 43.8 Å². The number of ether oxygens (including phenoxy) is 2. The average molecular weight is 451 g/mol. The van der Waals surface area contributed by atoms with Crippen molar-refractivity contribution in [1.82, 2.24) is 4.90 Å². The van der Waals surface area contributed by atoms with E-state index in [0.29, 0.717) is 30.2 Å². The van der Waals surface area contributed by atoms with Crippen molar-refractivity contribution in [3.63, 3.8) is 0 Å². The largest absolute Gasteiger partial charge is 0.493 e. The second-order valence-corrected chi connectivity index (χ2v) is 7.03. The highest BCUT2D eigenvalue weighted by atomic mass is 19.4. The minimum Gasteiger partial charge on any atom is -0.493 e. The van der Waals surface area contributed by atoms with Gasteiger partial charge in [0, 0.05) is 13.1 Å². The zero-order valence-electron chi connectivity index (χ0n) is 18.4. The smallest absolute Gasteiger partial charge is 0.416 e. The molecule has 0 saturated heterocycles. The van der Waals surface area contributed by atoms with Gasteiger partial charge in [0.05, 0.1) is 24.6 Å². The molecule has 0 unspecified atom stereocenters. The molecule has 0 aliphatic carbocycles. The summed E-state index contributed by atoms with van der Waals surface area (Å²) in [7, 11) is 1.48. The van der Waals surface area contributed by atoms with Gasteiger partial charge in [-0.05, 0) is 54.8 Å². The van der Waals surface area contributed by atoms with Crippen molar-refractivity contribution in [2.75, 3.05) is 32.2 Å². The van der Waals surface area contributed by atoms with Crippen LogP contribution in [0.2, 0.25) is 0 Å². The van der Waals surface area contributed by atoms with Gasteiger partial charge in [0.2, 0.25) is 0 Å². The molecule has 1 amide bonds. The van der Waals surface area contributed by atoms with Gasteiger partial charge < -0.3 is 14.4 Å². The Kier molecular flexibility index (Phi) is 9.37. The van der Waals surface area contributed by atoms with Crippen LogP contribution < -0.4 is 14.9 Å². The molecule has 0 atom stereocenters. The molecule has 32 heavy (non-hydrogen) atoms. The molecule has 0 fully saturated rings. The molecule has 1 N–H and O–H groups in total. The van der Waals surface area contributed by atoms with Crippen LogP contribution in [0.1, 0.15) is 37.8 Å². The van der Waals surface area contributed by atoms with Crippen LogP contribution in [0, 0.1) is 0 Å². The number of nitrogens with one attached hydrogen (secondary N) is 1. The monoisotopic (exact) mass is 451 g/mol. The summed E-state index contributed by atoms with van der Waals surface area (Å²) in [5.41, 5.74) is 2.67. The van der Waals surface area contributed by atoms with Crippen LogP contribution in [-0.2, 0) is 11.0 Å². The zero-order valence-corrected chi connectivity index (χ0v) is 18.4. The first-order valence-electron chi connectivity index (χ1n) is 10.3. The molecule has 2 aromatic rings. The number of nitrogens with zero attached hydrogens (tertiary/aromatic N) is 2. The normalized spacial score (nSPS) is 11.4. The maximum absolute atomic E-state index is 12.8. The number of amides is 1. The summed E-state index contributed by atoms with van der Waals surface area (Å²) in [6.45, 7) is 5.30. The summed E-state index contributed by atoms with van der Waals surface area (Å²) in [6.07, 6.45) is -1.23. The van der Waals surface area contributed by atoms with Gasteiger partial charge in [-0.2, -0.15) is 18.3 Å². The molecule has 2 rings (SSSR count). The van der Waals surface area contributed by atoms with Crippen LogP contribution in [0.4, 0.5) is 18.9 Å². The number of hydrogen-bond donors (Lipinski definition) is 1. The summed E-state index contributed by atoms with van der Waals surface area (Å²) in [5.74, 6) is 0.738. The van der Waals surface area contributed by atoms with Crippen LogP contribution in [0.3, 0.4) is 0 Å². The van der Waals surface area contributed by atoms with Gasteiger partial charge in [-0.25, -0.2) is 0 Å². The van der Waals surface area contributed by atoms with Crippen molar-refractivity contribution in [3.8, 4) is 11.5 Å². The van der Waals surface area contributed by atoms with Gasteiger partial charge in [-0.15, -0.1) is 0 Å². The molecule has 0 radical (unpaired) electrons. The van der Waals surface area contributed by atoms with Gasteiger partial charge in [-0.3, -0.25) is 10.2 Å². The molecular formula is C23H28F3N3O3. The quantitative estimate of drug-likeness (QED) is 0.377. The van der Waals surface area contributed by atoms with E-state index in [0.717, 1.165) is 25.0 Å². The molecule has 0 aliphatic heterocycles. The SMILES string of the molecule is CCCN(CCC)C(=O)COc1ccc(C=NNc2cccc(C(F)(F)F)c2)cc1OC. The number of benzene rings is 2. The highest BCUT2D eigenvalue weighted by Crippen LogP contribution is 2.31. The highest BCUT2D eigenvalue weighted by molar-refractivity contribution is 5.82. The number of hydrazone groups is 1. The number of carbonyl (C=O) groups excluding carboxylic acids is 1. The lowest BCUT2D eigenvalue weighted by Gasteiger charge is -2.21. The summed E-state index contributed by atoms with van der Waals surface area (Å²) in [5, 5.41) is 3.98. The topological polar surface area (TPSA) is 63.2 Å². The van der Waals surface area contributed by atoms with Crippen LogP contribution in [0.25, 0.3) is 0 Å². The third kappa shape index (κ3) is 7.47. The van der Waals surface area contributed by atoms with Crippen LogP contribution in [0.5, 0.6) is 11.5 Å². The molecule has 174 valence electrons. The zero-order chi connectivity index (χ0) is 23.6. The first kappa shape index (κ1) is 25.0. The van der Waals surface area contributed by atoms with Gasteiger partial charge in [0.15, 0.2) is 18.1 Å². The van der Waals surface area contributed by atoms with Gasteiger partial charge in [0.1, 0.15) is 0 Å².